The third-order valence-corrected chi connectivity index (χ3v) is 3.15. The zero-order chi connectivity index (χ0) is 12.1. The lowest BCUT2D eigenvalue weighted by Gasteiger charge is -2.33. The van der Waals surface area contributed by atoms with Gasteiger partial charge in [-0.25, -0.2) is 0 Å². The Hall–Kier alpha value is -1.05. The van der Waals surface area contributed by atoms with Crippen molar-refractivity contribution in [3.8, 4) is 6.07 Å². The third-order valence-electron chi connectivity index (χ3n) is 3.15. The number of nitrogens with one attached hydrogen (secondary N) is 1. The summed E-state index contributed by atoms with van der Waals surface area (Å²) in [5.74, 6) is 0. The van der Waals surface area contributed by atoms with E-state index in [0.29, 0.717) is 5.56 Å². The Morgan fingerprint density at radius 2 is 1.79 bits per heavy atom. The van der Waals surface area contributed by atoms with E-state index in [2.05, 4.69) is 22.9 Å². The lowest BCUT2D eigenvalue weighted by molar-refractivity contribution is 0.203. The van der Waals surface area contributed by atoms with Gasteiger partial charge in [0.1, 0.15) is 0 Å². The van der Waals surface area contributed by atoms with Gasteiger partial charge in [0, 0.05) is 26.2 Å². The Morgan fingerprint density at radius 3 is 2.26 bits per heavy atom. The highest BCUT2D eigenvalue weighted by molar-refractivity contribution is 5.85. The van der Waals surface area contributed by atoms with E-state index in [1.54, 1.807) is 0 Å². The third kappa shape index (κ3) is 4.52. The lowest BCUT2D eigenvalue weighted by atomic mass is 10.0. The van der Waals surface area contributed by atoms with Crippen molar-refractivity contribution in [2.24, 2.45) is 0 Å². The predicted octanol–water partition coefficient (Wildman–Crippen LogP) is 2.53. The van der Waals surface area contributed by atoms with E-state index in [-0.39, 0.29) is 30.9 Å². The molecule has 3 nitrogen and oxygen atoms in total. The maximum Gasteiger partial charge on any atom is 0.0991 e. The molecule has 1 aliphatic rings. The second-order valence-electron chi connectivity index (χ2n) is 4.20. The molecule has 5 heteroatoms. The summed E-state index contributed by atoms with van der Waals surface area (Å²) < 4.78 is 0. The highest BCUT2D eigenvalue weighted by Gasteiger charge is 2.18. The monoisotopic (exact) mass is 299 g/mol. The van der Waals surface area contributed by atoms with Crippen molar-refractivity contribution in [1.82, 2.24) is 10.2 Å². The summed E-state index contributed by atoms with van der Waals surface area (Å²) in [5.41, 5.74) is 1.91. The first-order valence-corrected chi connectivity index (χ1v) is 5.92. The Kier molecular flexibility index (Phi) is 8.46. The van der Waals surface area contributed by atoms with Gasteiger partial charge in [0.2, 0.25) is 0 Å². The minimum Gasteiger partial charge on any atom is -0.314 e. The number of hydrogen-bond donors (Lipinski definition) is 1. The van der Waals surface area contributed by atoms with E-state index in [1.807, 2.05) is 30.3 Å². The highest BCUT2D eigenvalue weighted by Crippen LogP contribution is 2.22. The Morgan fingerprint density at radius 1 is 1.21 bits per heavy atom. The molecule has 104 valence electrons. The molecule has 1 heterocycles. The van der Waals surface area contributed by atoms with Crippen molar-refractivity contribution in [3.05, 3.63) is 48.0 Å². The molecule has 1 fully saturated rings. The lowest BCUT2D eigenvalue weighted by Crippen LogP contribution is -2.44. The number of benzene rings is 1. The molecule has 0 spiro atoms. The Labute approximate surface area is 127 Å². The number of nitrogens with zero attached hydrogens (tertiary/aromatic N) is 2. The Balaban J connectivity index is 0.00000162. The summed E-state index contributed by atoms with van der Waals surface area (Å²) in [6.07, 6.45) is 1.98. The summed E-state index contributed by atoms with van der Waals surface area (Å²) in [7, 11) is 0. The van der Waals surface area contributed by atoms with E-state index in [9.17, 15) is 0 Å². The quantitative estimate of drug-likeness (QED) is 0.872. The number of nitriles is 1. The average molecular weight is 300 g/mol. The van der Waals surface area contributed by atoms with Crippen molar-refractivity contribution in [2.75, 3.05) is 26.2 Å². The minimum atomic E-state index is 0. The molecule has 1 saturated heterocycles. The van der Waals surface area contributed by atoms with E-state index < -0.39 is 0 Å². The molecule has 2 rings (SSSR count). The molecule has 1 aromatic rings. The molecule has 0 unspecified atom stereocenters. The largest absolute Gasteiger partial charge is 0.314 e. The molecule has 1 aromatic carbocycles. The normalized spacial score (nSPS) is 16.4. The van der Waals surface area contributed by atoms with Crippen LogP contribution in [0.15, 0.2) is 36.9 Å². The number of rotatable bonds is 3. The van der Waals surface area contributed by atoms with Gasteiger partial charge in [-0.15, -0.1) is 31.4 Å². The van der Waals surface area contributed by atoms with Crippen LogP contribution in [0.2, 0.25) is 0 Å². The van der Waals surface area contributed by atoms with E-state index in [1.165, 1.54) is 5.56 Å². The zero-order valence-corrected chi connectivity index (χ0v) is 12.3. The minimum absolute atomic E-state index is 0. The van der Waals surface area contributed by atoms with Crippen LogP contribution in [0.25, 0.3) is 0 Å². The van der Waals surface area contributed by atoms with Gasteiger partial charge >= 0.3 is 0 Å². The van der Waals surface area contributed by atoms with Crippen molar-refractivity contribution >= 4 is 24.8 Å². The molecule has 0 aromatic heterocycles. The highest BCUT2D eigenvalue weighted by atomic mass is 35.5. The second kappa shape index (κ2) is 8.95. The SMILES string of the molecule is C=C[C@@H](c1ccc(C#N)cc1)N1CCNCC1.Cl.Cl. The van der Waals surface area contributed by atoms with E-state index in [0.717, 1.165) is 26.2 Å². The van der Waals surface area contributed by atoms with Crippen LogP contribution in [-0.4, -0.2) is 31.1 Å². The predicted molar refractivity (Wildman–Crippen MR) is 83.0 cm³/mol. The van der Waals surface area contributed by atoms with E-state index >= 15 is 0 Å². The maximum atomic E-state index is 8.78. The fraction of sp³-hybridized carbons (Fsp3) is 0.357. The number of halogens is 2. The zero-order valence-electron chi connectivity index (χ0n) is 10.7. The first-order valence-electron chi connectivity index (χ1n) is 5.92. The van der Waals surface area contributed by atoms with Crippen molar-refractivity contribution in [2.45, 2.75) is 6.04 Å². The smallest absolute Gasteiger partial charge is 0.0991 e. The summed E-state index contributed by atoms with van der Waals surface area (Å²) in [5, 5.41) is 12.1. The second-order valence-corrected chi connectivity index (χ2v) is 4.20. The molecule has 0 saturated carbocycles. The molecule has 0 aliphatic carbocycles. The molecular weight excluding hydrogens is 281 g/mol. The summed E-state index contributed by atoms with van der Waals surface area (Å²) in [4.78, 5) is 2.41. The van der Waals surface area contributed by atoms with Crippen LogP contribution < -0.4 is 5.32 Å². The molecule has 1 N–H and O–H groups in total. The molecule has 19 heavy (non-hydrogen) atoms. The van der Waals surface area contributed by atoms with Gasteiger partial charge in [-0.3, -0.25) is 4.90 Å². The van der Waals surface area contributed by atoms with Crippen LogP contribution in [0, 0.1) is 11.3 Å². The fourth-order valence-corrected chi connectivity index (χ4v) is 2.21. The first kappa shape index (κ1) is 17.9. The molecule has 1 aliphatic heterocycles. The summed E-state index contributed by atoms with van der Waals surface area (Å²) in [6.45, 7) is 8.06. The van der Waals surface area contributed by atoms with Gasteiger partial charge in [0.05, 0.1) is 17.7 Å². The first-order chi connectivity index (χ1) is 8.35. The molecular formula is C14H19Cl2N3. The summed E-state index contributed by atoms with van der Waals surface area (Å²) in [6, 6.07) is 10.2. The number of hydrogen-bond acceptors (Lipinski definition) is 3. The van der Waals surface area contributed by atoms with Crippen molar-refractivity contribution in [3.63, 3.8) is 0 Å². The van der Waals surface area contributed by atoms with Crippen LogP contribution in [0.1, 0.15) is 17.2 Å². The van der Waals surface area contributed by atoms with Crippen LogP contribution in [-0.2, 0) is 0 Å². The standard InChI is InChI=1S/C14H17N3.2ClH/c1-2-14(17-9-7-16-8-10-17)13-5-3-12(11-15)4-6-13;;/h2-6,14,16H,1,7-10H2;2*1H/t14-;;/m0../s1. The van der Waals surface area contributed by atoms with E-state index in [4.69, 9.17) is 5.26 Å². The molecule has 0 radical (unpaired) electrons. The van der Waals surface area contributed by atoms with Gasteiger partial charge in [-0.2, -0.15) is 5.26 Å². The van der Waals surface area contributed by atoms with Crippen LogP contribution in [0.3, 0.4) is 0 Å². The topological polar surface area (TPSA) is 39.1 Å². The van der Waals surface area contributed by atoms with Crippen LogP contribution in [0.4, 0.5) is 0 Å². The fourth-order valence-electron chi connectivity index (χ4n) is 2.21. The average Bonchev–Trinajstić information content (AvgIpc) is 2.42. The van der Waals surface area contributed by atoms with Gasteiger partial charge in [-0.1, -0.05) is 18.2 Å². The van der Waals surface area contributed by atoms with Gasteiger partial charge in [0.25, 0.3) is 0 Å². The maximum absolute atomic E-state index is 8.78. The molecule has 0 amide bonds. The molecule has 1 atom stereocenters. The van der Waals surface area contributed by atoms with Crippen LogP contribution in [0.5, 0.6) is 0 Å². The summed E-state index contributed by atoms with van der Waals surface area (Å²) >= 11 is 0. The molecule has 0 bridgehead atoms. The van der Waals surface area contributed by atoms with Crippen molar-refractivity contribution in [1.29, 1.82) is 5.26 Å². The van der Waals surface area contributed by atoms with Crippen LogP contribution >= 0.6 is 24.8 Å². The Bertz CT molecular complexity index is 419. The van der Waals surface area contributed by atoms with Gasteiger partial charge in [-0.05, 0) is 17.7 Å². The van der Waals surface area contributed by atoms with Gasteiger partial charge in [0.15, 0.2) is 0 Å². The van der Waals surface area contributed by atoms with Crippen molar-refractivity contribution < 1.29 is 0 Å². The number of piperazine rings is 1. The van der Waals surface area contributed by atoms with Gasteiger partial charge < -0.3 is 5.32 Å².